The molecule has 2 atom stereocenters. The molecule has 2 rings (SSSR count). The van der Waals surface area contributed by atoms with E-state index in [1.807, 2.05) is 0 Å². The number of pyridine rings is 1. The van der Waals surface area contributed by atoms with Crippen molar-refractivity contribution in [3.63, 3.8) is 0 Å². The Morgan fingerprint density at radius 2 is 1.93 bits per heavy atom. The topological polar surface area (TPSA) is 130 Å². The Labute approximate surface area is 173 Å². The average molecular weight is 426 g/mol. The quantitative estimate of drug-likeness (QED) is 0.485. The summed E-state index contributed by atoms with van der Waals surface area (Å²) < 4.78 is 5.23. The predicted molar refractivity (Wildman–Crippen MR) is 105 cm³/mol. The van der Waals surface area contributed by atoms with Gasteiger partial charge in [0.25, 0.3) is 0 Å². The molecule has 1 aliphatic rings. The van der Waals surface area contributed by atoms with Gasteiger partial charge >= 0.3 is 17.9 Å². The molecule has 0 spiro atoms. The largest absolute Gasteiger partial charge is 0.444 e. The van der Waals surface area contributed by atoms with Gasteiger partial charge < -0.3 is 25.6 Å². The summed E-state index contributed by atoms with van der Waals surface area (Å²) in [6.45, 7) is 5.72. The van der Waals surface area contributed by atoms with E-state index in [0.717, 1.165) is 0 Å². The third-order valence-corrected chi connectivity index (χ3v) is 4.21. The highest BCUT2D eigenvalue weighted by Crippen LogP contribution is 2.13. The van der Waals surface area contributed by atoms with Gasteiger partial charge in [0.1, 0.15) is 11.4 Å². The van der Waals surface area contributed by atoms with Crippen molar-refractivity contribution in [1.82, 2.24) is 20.5 Å². The van der Waals surface area contributed by atoms with Crippen LogP contribution < -0.4 is 16.0 Å². The van der Waals surface area contributed by atoms with Gasteiger partial charge in [0.2, 0.25) is 6.41 Å². The average Bonchev–Trinajstić information content (AvgIpc) is 2.63. The van der Waals surface area contributed by atoms with Crippen molar-refractivity contribution in [2.24, 2.45) is 0 Å². The number of nitrogens with zero attached hydrogens (tertiary/aromatic N) is 2. The van der Waals surface area contributed by atoms with Gasteiger partial charge in [-0.3, -0.25) is 14.4 Å². The summed E-state index contributed by atoms with van der Waals surface area (Å²) in [4.78, 5) is 53.0. The predicted octanol–water partition coefficient (Wildman–Crippen LogP) is 0.914. The van der Waals surface area contributed by atoms with Gasteiger partial charge in [-0.05, 0) is 39.3 Å². The second-order valence-electron chi connectivity index (χ2n) is 7.54. The molecule has 0 unspecified atom stereocenters. The number of rotatable bonds is 4. The molecule has 0 bridgehead atoms. The van der Waals surface area contributed by atoms with E-state index >= 15 is 0 Å². The minimum atomic E-state index is -0.909. The molecule has 3 N–H and O–H groups in total. The lowest BCUT2D eigenvalue weighted by atomic mass is 9.99. The van der Waals surface area contributed by atoms with Crippen LogP contribution in [0.25, 0.3) is 0 Å². The molecule has 0 saturated carbocycles. The first-order chi connectivity index (χ1) is 13.6. The Morgan fingerprint density at radius 3 is 2.52 bits per heavy atom. The smallest absolute Gasteiger partial charge is 0.408 e. The molecule has 1 aromatic heterocycles. The minimum Gasteiger partial charge on any atom is -0.444 e. The maximum absolute atomic E-state index is 12.3. The monoisotopic (exact) mass is 425 g/mol. The highest BCUT2D eigenvalue weighted by Gasteiger charge is 2.33. The van der Waals surface area contributed by atoms with Gasteiger partial charge in [-0.15, -0.1) is 0 Å². The number of nitrogens with one attached hydrogen (secondary N) is 3. The second kappa shape index (κ2) is 9.55. The summed E-state index contributed by atoms with van der Waals surface area (Å²) in [5.74, 6) is -1.62. The van der Waals surface area contributed by atoms with E-state index in [9.17, 15) is 19.2 Å². The summed E-state index contributed by atoms with van der Waals surface area (Å²) in [5, 5.41) is 8.01. The fraction of sp³-hybridized carbons (Fsp3) is 0.500. The van der Waals surface area contributed by atoms with Crippen LogP contribution in [-0.2, 0) is 19.1 Å². The molecule has 1 aliphatic heterocycles. The zero-order chi connectivity index (χ0) is 21.6. The van der Waals surface area contributed by atoms with Crippen LogP contribution >= 0.6 is 11.6 Å². The molecule has 11 heteroatoms. The Morgan fingerprint density at radius 1 is 1.21 bits per heavy atom. The van der Waals surface area contributed by atoms with Crippen LogP contribution in [0.2, 0.25) is 5.02 Å². The molecule has 10 nitrogen and oxygen atoms in total. The molecular formula is C18H24ClN5O5. The van der Waals surface area contributed by atoms with E-state index in [-0.39, 0.29) is 12.4 Å². The van der Waals surface area contributed by atoms with Crippen LogP contribution in [-0.4, -0.2) is 65.0 Å². The van der Waals surface area contributed by atoms with Gasteiger partial charge in [0.05, 0.1) is 17.1 Å². The zero-order valence-corrected chi connectivity index (χ0v) is 17.2. The minimum absolute atomic E-state index is 0.175. The third-order valence-electron chi connectivity index (χ3n) is 3.99. The van der Waals surface area contributed by atoms with E-state index < -0.39 is 35.6 Å². The SMILES string of the molecule is CC(C)(C)OC(=O)N[C@@H]1CN(C=O)CC[C@@H]1NC(=O)C(=O)Nc1ccc(Cl)cn1. The van der Waals surface area contributed by atoms with Crippen LogP contribution in [0.4, 0.5) is 10.6 Å². The molecule has 1 aromatic rings. The zero-order valence-electron chi connectivity index (χ0n) is 16.4. The van der Waals surface area contributed by atoms with E-state index in [1.54, 1.807) is 20.8 Å². The van der Waals surface area contributed by atoms with Crippen molar-refractivity contribution in [2.45, 2.75) is 44.9 Å². The number of ether oxygens (including phenoxy) is 1. The first-order valence-electron chi connectivity index (χ1n) is 8.99. The molecular weight excluding hydrogens is 402 g/mol. The van der Waals surface area contributed by atoms with Crippen molar-refractivity contribution in [1.29, 1.82) is 0 Å². The molecule has 1 saturated heterocycles. The fourth-order valence-electron chi connectivity index (χ4n) is 2.71. The van der Waals surface area contributed by atoms with Crippen molar-refractivity contribution in [3.05, 3.63) is 23.4 Å². The molecule has 0 aromatic carbocycles. The number of hydrogen-bond acceptors (Lipinski definition) is 6. The van der Waals surface area contributed by atoms with E-state index in [2.05, 4.69) is 20.9 Å². The summed E-state index contributed by atoms with van der Waals surface area (Å²) in [6, 6.07) is 1.81. The highest BCUT2D eigenvalue weighted by atomic mass is 35.5. The standard InChI is InChI=1S/C18H24ClN5O5/c1-18(2,3)29-17(28)22-13-9-24(10-25)7-6-12(13)21-15(26)16(27)23-14-5-4-11(19)8-20-14/h4-5,8,10,12-13H,6-7,9H2,1-3H3,(H,21,26)(H,22,28)(H,20,23,27)/t12-,13+/m0/s1. The number of carbonyl (C=O) groups excluding carboxylic acids is 4. The highest BCUT2D eigenvalue weighted by molar-refractivity contribution is 6.39. The van der Waals surface area contributed by atoms with Crippen LogP contribution in [0.5, 0.6) is 0 Å². The van der Waals surface area contributed by atoms with Gasteiger partial charge in [0.15, 0.2) is 0 Å². The van der Waals surface area contributed by atoms with Crippen LogP contribution in [0.15, 0.2) is 18.3 Å². The van der Waals surface area contributed by atoms with Crippen LogP contribution in [0.1, 0.15) is 27.2 Å². The van der Waals surface area contributed by atoms with Crippen LogP contribution in [0, 0.1) is 0 Å². The Kier molecular flexibility index (Phi) is 7.38. The normalized spacial score (nSPS) is 19.1. The maximum atomic E-state index is 12.3. The van der Waals surface area contributed by atoms with E-state index in [4.69, 9.17) is 16.3 Å². The van der Waals surface area contributed by atoms with Gasteiger partial charge in [-0.1, -0.05) is 11.6 Å². The van der Waals surface area contributed by atoms with Gasteiger partial charge in [-0.25, -0.2) is 9.78 Å². The van der Waals surface area contributed by atoms with Crippen molar-refractivity contribution in [2.75, 3.05) is 18.4 Å². The van der Waals surface area contributed by atoms with E-state index in [0.29, 0.717) is 24.4 Å². The van der Waals surface area contributed by atoms with Gasteiger partial charge in [0, 0.05) is 19.3 Å². The molecule has 4 amide bonds. The number of hydrogen-bond donors (Lipinski definition) is 3. The Hall–Kier alpha value is -2.88. The molecule has 29 heavy (non-hydrogen) atoms. The second-order valence-corrected chi connectivity index (χ2v) is 7.97. The van der Waals surface area contributed by atoms with Gasteiger partial charge in [-0.2, -0.15) is 0 Å². The number of likely N-dealkylation sites (tertiary alicyclic amines) is 1. The summed E-state index contributed by atoms with van der Waals surface area (Å²) >= 11 is 5.73. The lowest BCUT2D eigenvalue weighted by Crippen LogP contribution is -2.61. The molecule has 0 aliphatic carbocycles. The third kappa shape index (κ3) is 7.22. The number of aromatic nitrogens is 1. The summed E-state index contributed by atoms with van der Waals surface area (Å²) in [5.41, 5.74) is -0.701. The van der Waals surface area contributed by atoms with Crippen molar-refractivity contribution < 1.29 is 23.9 Å². The molecule has 2 heterocycles. The van der Waals surface area contributed by atoms with Crippen LogP contribution in [0.3, 0.4) is 0 Å². The summed E-state index contributed by atoms with van der Waals surface area (Å²) in [6.07, 6.45) is 1.69. The summed E-state index contributed by atoms with van der Waals surface area (Å²) in [7, 11) is 0. The fourth-order valence-corrected chi connectivity index (χ4v) is 2.82. The number of halogens is 1. The first kappa shape index (κ1) is 22.4. The number of alkyl carbamates (subject to hydrolysis) is 1. The molecule has 0 radical (unpaired) electrons. The molecule has 1 fully saturated rings. The lowest BCUT2D eigenvalue weighted by Gasteiger charge is -2.37. The first-order valence-corrected chi connectivity index (χ1v) is 9.37. The lowest BCUT2D eigenvalue weighted by molar-refractivity contribution is -0.137. The Balaban J connectivity index is 1.99. The van der Waals surface area contributed by atoms with Crippen molar-refractivity contribution >= 4 is 41.7 Å². The number of carbonyl (C=O) groups is 4. The van der Waals surface area contributed by atoms with E-state index in [1.165, 1.54) is 23.2 Å². The number of anilines is 1. The Bertz CT molecular complexity index is 765. The maximum Gasteiger partial charge on any atom is 0.408 e. The van der Waals surface area contributed by atoms with Crippen molar-refractivity contribution in [3.8, 4) is 0 Å². The number of piperidine rings is 1. The number of amides is 4. The molecule has 158 valence electrons.